The van der Waals surface area contributed by atoms with Crippen molar-refractivity contribution < 1.29 is 18.7 Å². The van der Waals surface area contributed by atoms with E-state index in [1.54, 1.807) is 13.8 Å². The molecule has 3 rings (SSSR count). The molecular formula is C26H32FN5O3. The Morgan fingerprint density at radius 1 is 1.11 bits per heavy atom. The molecule has 0 aliphatic carbocycles. The van der Waals surface area contributed by atoms with Gasteiger partial charge in [0.25, 0.3) is 5.91 Å². The lowest BCUT2D eigenvalue weighted by Crippen LogP contribution is -2.47. The molecule has 186 valence electrons. The Kier molecular flexibility index (Phi) is 9.48. The summed E-state index contributed by atoms with van der Waals surface area (Å²) < 4.78 is 21.3. The molecule has 8 nitrogen and oxygen atoms in total. The number of carbonyl (C=O) groups excluding carboxylic acids is 2. The third-order valence-corrected chi connectivity index (χ3v) is 5.41. The van der Waals surface area contributed by atoms with E-state index in [0.29, 0.717) is 23.9 Å². The fourth-order valence-electron chi connectivity index (χ4n) is 3.61. The van der Waals surface area contributed by atoms with Crippen LogP contribution in [0.1, 0.15) is 53.8 Å². The zero-order chi connectivity index (χ0) is 25.2. The minimum Gasteiger partial charge on any atom is -0.460 e. The van der Waals surface area contributed by atoms with Crippen molar-refractivity contribution in [1.29, 1.82) is 0 Å². The Morgan fingerprint density at radius 2 is 1.89 bits per heavy atom. The van der Waals surface area contributed by atoms with E-state index in [4.69, 9.17) is 4.74 Å². The van der Waals surface area contributed by atoms with Gasteiger partial charge in [0.2, 0.25) is 0 Å². The highest BCUT2D eigenvalue weighted by Gasteiger charge is 2.21. The number of nitrogens with one attached hydrogen (secondary N) is 2. The molecule has 2 aromatic carbocycles. The summed E-state index contributed by atoms with van der Waals surface area (Å²) in [4.78, 5) is 29.8. The number of aryl methyl sites for hydroxylation is 2. The molecule has 0 spiro atoms. The third kappa shape index (κ3) is 7.71. The van der Waals surface area contributed by atoms with Crippen molar-refractivity contribution in [3.63, 3.8) is 0 Å². The number of benzene rings is 2. The minimum atomic E-state index is -0.729. The molecule has 9 heteroatoms. The lowest BCUT2D eigenvalue weighted by Gasteiger charge is -2.18. The van der Waals surface area contributed by atoms with Crippen LogP contribution in [0.3, 0.4) is 0 Å². The SMILES string of the molecule is CCCCCN[C@H](CNC(=O)c1cc(F)cc(-n2nc(C)nc2C)c1)C(=O)OCc1ccccc1. The number of aromatic nitrogens is 3. The van der Waals surface area contributed by atoms with Crippen LogP contribution in [0.15, 0.2) is 48.5 Å². The first kappa shape index (κ1) is 26.0. The molecule has 1 atom stereocenters. The number of unbranched alkanes of at least 4 members (excludes halogenated alkanes) is 2. The molecule has 0 bridgehead atoms. The molecule has 0 aliphatic heterocycles. The molecule has 1 heterocycles. The number of carbonyl (C=O) groups is 2. The first-order valence-electron chi connectivity index (χ1n) is 11.8. The first-order chi connectivity index (χ1) is 16.9. The summed E-state index contributed by atoms with van der Waals surface area (Å²) in [5.74, 6) is -0.409. The summed E-state index contributed by atoms with van der Waals surface area (Å²) in [5, 5.41) is 10.2. The largest absolute Gasteiger partial charge is 0.460 e. The van der Waals surface area contributed by atoms with Crippen LogP contribution in [0.25, 0.3) is 5.69 Å². The predicted molar refractivity (Wildman–Crippen MR) is 131 cm³/mol. The molecule has 0 unspecified atom stereocenters. The van der Waals surface area contributed by atoms with Crippen molar-refractivity contribution in [2.75, 3.05) is 13.1 Å². The number of esters is 1. The van der Waals surface area contributed by atoms with Crippen molar-refractivity contribution >= 4 is 11.9 Å². The van der Waals surface area contributed by atoms with Crippen LogP contribution in [0.4, 0.5) is 4.39 Å². The second-order valence-corrected chi connectivity index (χ2v) is 8.33. The maximum atomic E-state index is 14.3. The van der Waals surface area contributed by atoms with E-state index >= 15 is 0 Å². The fourth-order valence-corrected chi connectivity index (χ4v) is 3.61. The minimum absolute atomic E-state index is 0.00584. The normalized spacial score (nSPS) is 11.8. The van der Waals surface area contributed by atoms with Gasteiger partial charge in [-0.15, -0.1) is 0 Å². The van der Waals surface area contributed by atoms with Gasteiger partial charge in [0.05, 0.1) is 5.69 Å². The van der Waals surface area contributed by atoms with Crippen LogP contribution in [0.5, 0.6) is 0 Å². The number of nitrogens with zero attached hydrogens (tertiary/aromatic N) is 3. The molecule has 1 aromatic heterocycles. The maximum absolute atomic E-state index is 14.3. The second-order valence-electron chi connectivity index (χ2n) is 8.33. The quantitative estimate of drug-likeness (QED) is 0.303. The topological polar surface area (TPSA) is 98.1 Å². The predicted octanol–water partition coefficient (Wildman–Crippen LogP) is 3.64. The van der Waals surface area contributed by atoms with Crippen molar-refractivity contribution in [3.05, 3.63) is 77.1 Å². The summed E-state index contributed by atoms with van der Waals surface area (Å²) in [7, 11) is 0. The highest BCUT2D eigenvalue weighted by molar-refractivity contribution is 5.95. The van der Waals surface area contributed by atoms with Gasteiger partial charge in [-0.3, -0.25) is 9.59 Å². The summed E-state index contributed by atoms with van der Waals surface area (Å²) in [5.41, 5.74) is 1.39. The first-order valence-corrected chi connectivity index (χ1v) is 11.8. The molecule has 0 fully saturated rings. The summed E-state index contributed by atoms with van der Waals surface area (Å²) in [6.07, 6.45) is 2.98. The van der Waals surface area contributed by atoms with E-state index in [2.05, 4.69) is 27.6 Å². The molecule has 35 heavy (non-hydrogen) atoms. The number of rotatable bonds is 12. The van der Waals surface area contributed by atoms with Gasteiger partial charge in [-0.2, -0.15) is 5.10 Å². The Labute approximate surface area is 204 Å². The van der Waals surface area contributed by atoms with Crippen LogP contribution >= 0.6 is 0 Å². The van der Waals surface area contributed by atoms with Gasteiger partial charge in [-0.25, -0.2) is 14.1 Å². The monoisotopic (exact) mass is 481 g/mol. The maximum Gasteiger partial charge on any atom is 0.325 e. The van der Waals surface area contributed by atoms with Gasteiger partial charge < -0.3 is 15.4 Å². The Balaban J connectivity index is 1.66. The summed E-state index contributed by atoms with van der Waals surface area (Å²) >= 11 is 0. The molecule has 0 aliphatic rings. The molecule has 3 aromatic rings. The highest BCUT2D eigenvalue weighted by atomic mass is 19.1. The Hall–Kier alpha value is -3.59. The Morgan fingerprint density at radius 3 is 2.57 bits per heavy atom. The molecule has 2 N–H and O–H groups in total. The van der Waals surface area contributed by atoms with Crippen molar-refractivity contribution in [2.24, 2.45) is 0 Å². The lowest BCUT2D eigenvalue weighted by atomic mass is 10.1. The molecule has 0 saturated carbocycles. The number of amides is 1. The van der Waals surface area contributed by atoms with E-state index < -0.39 is 23.7 Å². The molecule has 0 radical (unpaired) electrons. The van der Waals surface area contributed by atoms with E-state index in [0.717, 1.165) is 30.9 Å². The van der Waals surface area contributed by atoms with Crippen LogP contribution in [-0.4, -0.2) is 45.8 Å². The lowest BCUT2D eigenvalue weighted by molar-refractivity contribution is -0.147. The molecular weight excluding hydrogens is 449 g/mol. The molecule has 1 amide bonds. The standard InChI is InChI=1S/C26H32FN5O3/c1-4-5-9-12-28-24(26(34)35-17-20-10-7-6-8-11-20)16-29-25(33)21-13-22(27)15-23(14-21)32-19(3)30-18(2)31-32/h6-8,10-11,13-15,24,28H,4-5,9,12,16-17H2,1-3H3,(H,29,33)/t24-/m1/s1. The van der Waals surface area contributed by atoms with E-state index in [9.17, 15) is 14.0 Å². The molecule has 0 saturated heterocycles. The Bertz CT molecular complexity index is 1130. The van der Waals surface area contributed by atoms with E-state index in [1.807, 2.05) is 30.3 Å². The van der Waals surface area contributed by atoms with Gasteiger partial charge in [0.1, 0.15) is 30.1 Å². The van der Waals surface area contributed by atoms with Crippen molar-refractivity contribution in [2.45, 2.75) is 52.7 Å². The summed E-state index contributed by atoms with van der Waals surface area (Å²) in [6, 6.07) is 12.6. The third-order valence-electron chi connectivity index (χ3n) is 5.41. The second kappa shape index (κ2) is 12.8. The van der Waals surface area contributed by atoms with Gasteiger partial charge in [0.15, 0.2) is 0 Å². The zero-order valence-corrected chi connectivity index (χ0v) is 20.4. The van der Waals surface area contributed by atoms with Crippen molar-refractivity contribution in [3.8, 4) is 5.69 Å². The number of halogens is 1. The van der Waals surface area contributed by atoms with Gasteiger partial charge in [0, 0.05) is 12.1 Å². The van der Waals surface area contributed by atoms with Crippen LogP contribution in [0, 0.1) is 19.7 Å². The van der Waals surface area contributed by atoms with Gasteiger partial charge in [-0.05, 0) is 50.6 Å². The van der Waals surface area contributed by atoms with Crippen LogP contribution < -0.4 is 10.6 Å². The summed E-state index contributed by atoms with van der Waals surface area (Å²) in [6.45, 7) is 6.35. The number of ether oxygens (including phenoxy) is 1. The number of hydrogen-bond donors (Lipinski definition) is 2. The smallest absolute Gasteiger partial charge is 0.325 e. The van der Waals surface area contributed by atoms with E-state index in [1.165, 1.54) is 16.8 Å². The van der Waals surface area contributed by atoms with Crippen LogP contribution in [-0.2, 0) is 16.1 Å². The van der Waals surface area contributed by atoms with E-state index in [-0.39, 0.29) is 18.7 Å². The van der Waals surface area contributed by atoms with Gasteiger partial charge >= 0.3 is 5.97 Å². The zero-order valence-electron chi connectivity index (χ0n) is 20.4. The van der Waals surface area contributed by atoms with Crippen LogP contribution in [0.2, 0.25) is 0 Å². The van der Waals surface area contributed by atoms with Crippen molar-refractivity contribution in [1.82, 2.24) is 25.4 Å². The van der Waals surface area contributed by atoms with Gasteiger partial charge in [-0.1, -0.05) is 50.1 Å². The highest BCUT2D eigenvalue weighted by Crippen LogP contribution is 2.15. The average Bonchev–Trinajstić information content (AvgIpc) is 3.19. The average molecular weight is 482 g/mol. The fraction of sp³-hybridized carbons (Fsp3) is 0.385. The number of hydrogen-bond acceptors (Lipinski definition) is 6.